The summed E-state index contributed by atoms with van der Waals surface area (Å²) in [6, 6.07) is 5.56. The molecule has 2 rings (SSSR count). The Bertz CT molecular complexity index is 637. The van der Waals surface area contributed by atoms with E-state index >= 15 is 0 Å². The van der Waals surface area contributed by atoms with Gasteiger partial charge in [0, 0.05) is 23.7 Å². The molecule has 1 aliphatic rings. The molecule has 6 heteroatoms. The van der Waals surface area contributed by atoms with Crippen molar-refractivity contribution in [3.8, 4) is 5.75 Å². The van der Waals surface area contributed by atoms with Crippen molar-refractivity contribution in [2.45, 2.75) is 58.6 Å². The van der Waals surface area contributed by atoms with Gasteiger partial charge in [-0.3, -0.25) is 4.79 Å². The molecule has 2 N–H and O–H groups in total. The molecule has 2 atom stereocenters. The molecule has 25 heavy (non-hydrogen) atoms. The molecule has 1 saturated carbocycles. The Kier molecular flexibility index (Phi) is 5.93. The predicted octanol–water partition coefficient (Wildman–Crippen LogP) is 3.64. The first-order valence-corrected chi connectivity index (χ1v) is 8.63. The molecule has 1 aliphatic carbocycles. The number of benzene rings is 1. The van der Waals surface area contributed by atoms with E-state index in [1.54, 1.807) is 7.11 Å². The highest BCUT2D eigenvalue weighted by Gasteiger charge is 2.31. The van der Waals surface area contributed by atoms with Crippen LogP contribution in [0.3, 0.4) is 0 Å². The Hall–Kier alpha value is -2.24. The van der Waals surface area contributed by atoms with Crippen LogP contribution in [0.5, 0.6) is 5.75 Å². The molecule has 0 bridgehead atoms. The van der Waals surface area contributed by atoms with Crippen molar-refractivity contribution >= 4 is 17.7 Å². The van der Waals surface area contributed by atoms with Gasteiger partial charge >= 0.3 is 6.09 Å². The molecular weight excluding hydrogens is 320 g/mol. The molecule has 1 fully saturated rings. The molecule has 0 aliphatic heterocycles. The van der Waals surface area contributed by atoms with E-state index in [0.29, 0.717) is 6.42 Å². The summed E-state index contributed by atoms with van der Waals surface area (Å²) in [4.78, 5) is 24.3. The van der Waals surface area contributed by atoms with Crippen molar-refractivity contribution in [2.24, 2.45) is 5.92 Å². The topological polar surface area (TPSA) is 76.7 Å². The van der Waals surface area contributed by atoms with Crippen molar-refractivity contribution < 1.29 is 19.1 Å². The molecular formula is C19H28N2O4. The van der Waals surface area contributed by atoms with Gasteiger partial charge in [0.25, 0.3) is 0 Å². The van der Waals surface area contributed by atoms with Gasteiger partial charge in [-0.2, -0.15) is 0 Å². The first kappa shape index (κ1) is 19.1. The zero-order chi connectivity index (χ0) is 18.6. The largest absolute Gasteiger partial charge is 0.496 e. The monoisotopic (exact) mass is 348 g/mol. The van der Waals surface area contributed by atoms with Gasteiger partial charge in [0.2, 0.25) is 5.91 Å². The normalized spacial score (nSPS) is 20.0. The van der Waals surface area contributed by atoms with Gasteiger partial charge in [0.05, 0.1) is 7.11 Å². The molecule has 0 saturated heterocycles. The van der Waals surface area contributed by atoms with Gasteiger partial charge in [-0.05, 0) is 58.6 Å². The number of methoxy groups -OCH3 is 1. The third kappa shape index (κ3) is 5.66. The fraction of sp³-hybridized carbons (Fsp3) is 0.579. The molecule has 1 aromatic rings. The van der Waals surface area contributed by atoms with Crippen molar-refractivity contribution in [2.75, 3.05) is 12.4 Å². The lowest BCUT2D eigenvalue weighted by Gasteiger charge is -2.21. The maximum Gasteiger partial charge on any atom is 0.407 e. The van der Waals surface area contributed by atoms with Crippen LogP contribution in [-0.2, 0) is 9.53 Å². The van der Waals surface area contributed by atoms with E-state index in [4.69, 9.17) is 9.47 Å². The SMILES string of the molecule is COc1cc(NC(=O)[C@@H]2CC[C@@H](NC(=O)OC(C)(C)C)C2)ccc1C. The Balaban J connectivity index is 1.87. The van der Waals surface area contributed by atoms with E-state index in [-0.39, 0.29) is 17.9 Å². The minimum absolute atomic E-state index is 0.0283. The molecule has 138 valence electrons. The van der Waals surface area contributed by atoms with E-state index in [1.165, 1.54) is 0 Å². The van der Waals surface area contributed by atoms with Crippen LogP contribution in [-0.4, -0.2) is 30.8 Å². The highest BCUT2D eigenvalue weighted by atomic mass is 16.6. The average molecular weight is 348 g/mol. The van der Waals surface area contributed by atoms with Crippen LogP contribution in [0.4, 0.5) is 10.5 Å². The number of alkyl carbamates (subject to hydrolysis) is 1. The number of anilines is 1. The van der Waals surface area contributed by atoms with Gasteiger partial charge in [-0.1, -0.05) is 6.07 Å². The lowest BCUT2D eigenvalue weighted by molar-refractivity contribution is -0.119. The third-order valence-electron chi connectivity index (χ3n) is 4.20. The van der Waals surface area contributed by atoms with Crippen LogP contribution >= 0.6 is 0 Å². The van der Waals surface area contributed by atoms with Crippen LogP contribution in [0, 0.1) is 12.8 Å². The number of hydrogen-bond acceptors (Lipinski definition) is 4. The number of carbonyl (C=O) groups excluding carboxylic acids is 2. The van der Waals surface area contributed by atoms with Crippen molar-refractivity contribution in [1.82, 2.24) is 5.32 Å². The van der Waals surface area contributed by atoms with Crippen LogP contribution in [0.25, 0.3) is 0 Å². The van der Waals surface area contributed by atoms with Crippen molar-refractivity contribution in [1.29, 1.82) is 0 Å². The quantitative estimate of drug-likeness (QED) is 0.871. The molecule has 0 radical (unpaired) electrons. The summed E-state index contributed by atoms with van der Waals surface area (Å²) in [6.07, 6.45) is 1.71. The zero-order valence-electron chi connectivity index (χ0n) is 15.6. The van der Waals surface area contributed by atoms with Gasteiger partial charge in [0.1, 0.15) is 11.4 Å². The van der Waals surface area contributed by atoms with Crippen LogP contribution in [0.2, 0.25) is 0 Å². The highest BCUT2D eigenvalue weighted by Crippen LogP contribution is 2.28. The standard InChI is InChI=1S/C19H28N2O4/c1-12-6-8-15(11-16(12)24-5)20-17(22)13-7-9-14(10-13)21-18(23)25-19(2,3)4/h6,8,11,13-14H,7,9-10H2,1-5H3,(H,20,22)(H,21,23)/t13-,14-/m1/s1. The molecule has 0 heterocycles. The number of carbonyl (C=O) groups is 2. The number of rotatable bonds is 4. The van der Waals surface area contributed by atoms with Gasteiger partial charge in [-0.25, -0.2) is 4.79 Å². The van der Waals surface area contributed by atoms with E-state index in [9.17, 15) is 9.59 Å². The number of nitrogens with one attached hydrogen (secondary N) is 2. The number of ether oxygens (including phenoxy) is 2. The molecule has 2 amide bonds. The van der Waals surface area contributed by atoms with E-state index in [2.05, 4.69) is 10.6 Å². The number of amides is 2. The number of aryl methyl sites for hydroxylation is 1. The first-order chi connectivity index (χ1) is 11.7. The van der Waals surface area contributed by atoms with Crippen molar-refractivity contribution in [3.63, 3.8) is 0 Å². The minimum Gasteiger partial charge on any atom is -0.496 e. The third-order valence-corrected chi connectivity index (χ3v) is 4.20. The van der Waals surface area contributed by atoms with Crippen LogP contribution in [0.1, 0.15) is 45.6 Å². The smallest absolute Gasteiger partial charge is 0.407 e. The Morgan fingerprint density at radius 3 is 2.56 bits per heavy atom. The second-order valence-corrected chi connectivity index (χ2v) is 7.53. The Labute approximate surface area is 149 Å². The summed E-state index contributed by atoms with van der Waals surface area (Å²) in [5.41, 5.74) is 1.21. The average Bonchev–Trinajstić information content (AvgIpc) is 2.95. The second-order valence-electron chi connectivity index (χ2n) is 7.53. The Morgan fingerprint density at radius 1 is 1.20 bits per heavy atom. The van der Waals surface area contributed by atoms with E-state index in [1.807, 2.05) is 45.9 Å². The summed E-state index contributed by atoms with van der Waals surface area (Å²) >= 11 is 0. The van der Waals surface area contributed by atoms with Crippen LogP contribution in [0.15, 0.2) is 18.2 Å². The zero-order valence-corrected chi connectivity index (χ0v) is 15.6. The van der Waals surface area contributed by atoms with Crippen LogP contribution < -0.4 is 15.4 Å². The predicted molar refractivity (Wildman–Crippen MR) is 96.9 cm³/mol. The lowest BCUT2D eigenvalue weighted by Crippen LogP contribution is -2.38. The van der Waals surface area contributed by atoms with E-state index < -0.39 is 11.7 Å². The molecule has 0 spiro atoms. The number of hydrogen-bond donors (Lipinski definition) is 2. The van der Waals surface area contributed by atoms with Crippen molar-refractivity contribution in [3.05, 3.63) is 23.8 Å². The Morgan fingerprint density at radius 2 is 1.92 bits per heavy atom. The lowest BCUT2D eigenvalue weighted by atomic mass is 10.1. The summed E-state index contributed by atoms with van der Waals surface area (Å²) in [5.74, 6) is 0.598. The molecule has 1 aromatic carbocycles. The summed E-state index contributed by atoms with van der Waals surface area (Å²) in [6.45, 7) is 7.43. The molecule has 0 unspecified atom stereocenters. The minimum atomic E-state index is -0.524. The van der Waals surface area contributed by atoms with E-state index in [0.717, 1.165) is 29.8 Å². The van der Waals surface area contributed by atoms with Gasteiger partial charge < -0.3 is 20.1 Å². The highest BCUT2D eigenvalue weighted by molar-refractivity contribution is 5.93. The maximum absolute atomic E-state index is 12.5. The fourth-order valence-corrected chi connectivity index (χ4v) is 2.97. The second kappa shape index (κ2) is 7.76. The molecule has 0 aromatic heterocycles. The van der Waals surface area contributed by atoms with Gasteiger partial charge in [-0.15, -0.1) is 0 Å². The van der Waals surface area contributed by atoms with Gasteiger partial charge in [0.15, 0.2) is 0 Å². The first-order valence-electron chi connectivity index (χ1n) is 8.63. The summed E-state index contributed by atoms with van der Waals surface area (Å²) in [7, 11) is 1.61. The fourth-order valence-electron chi connectivity index (χ4n) is 2.97. The summed E-state index contributed by atoms with van der Waals surface area (Å²) < 4.78 is 10.5. The maximum atomic E-state index is 12.5. The molecule has 6 nitrogen and oxygen atoms in total. The summed E-state index contributed by atoms with van der Waals surface area (Å²) in [5, 5.41) is 5.78.